The summed E-state index contributed by atoms with van der Waals surface area (Å²) in [5.41, 5.74) is -0.231. The Kier molecular flexibility index (Phi) is 3.97. The first kappa shape index (κ1) is 13.5. The van der Waals surface area contributed by atoms with Gasteiger partial charge in [0.2, 0.25) is 5.91 Å². The van der Waals surface area contributed by atoms with Gasteiger partial charge >= 0.3 is 0 Å². The van der Waals surface area contributed by atoms with Gasteiger partial charge in [0.25, 0.3) is 0 Å². The van der Waals surface area contributed by atoms with Gasteiger partial charge < -0.3 is 5.32 Å². The lowest BCUT2D eigenvalue weighted by Crippen LogP contribution is -2.49. The summed E-state index contributed by atoms with van der Waals surface area (Å²) in [4.78, 5) is 14.0. The molecule has 1 amide bonds. The SMILES string of the molecule is CC(C)(C)C(=O)NCCN1CCNC1(C)C. The highest BCUT2D eigenvalue weighted by Crippen LogP contribution is 2.15. The lowest BCUT2D eigenvalue weighted by atomic mass is 9.96. The van der Waals surface area contributed by atoms with Gasteiger partial charge in [0, 0.05) is 31.6 Å². The fraction of sp³-hybridized carbons (Fsp3) is 0.917. The number of nitrogens with one attached hydrogen (secondary N) is 2. The van der Waals surface area contributed by atoms with E-state index in [4.69, 9.17) is 0 Å². The van der Waals surface area contributed by atoms with Crippen molar-refractivity contribution in [2.75, 3.05) is 26.2 Å². The lowest BCUT2D eigenvalue weighted by molar-refractivity contribution is -0.128. The second kappa shape index (κ2) is 4.72. The number of hydrogen-bond donors (Lipinski definition) is 2. The Labute approximate surface area is 98.8 Å². The molecular formula is C12H25N3O. The molecule has 2 N–H and O–H groups in total. The number of amides is 1. The molecule has 94 valence electrons. The summed E-state index contributed by atoms with van der Waals surface area (Å²) >= 11 is 0. The molecule has 0 aromatic heterocycles. The molecule has 4 nitrogen and oxygen atoms in total. The molecule has 0 aromatic rings. The molecule has 16 heavy (non-hydrogen) atoms. The average Bonchev–Trinajstić information content (AvgIpc) is 2.44. The van der Waals surface area contributed by atoms with Crippen molar-refractivity contribution < 1.29 is 4.79 Å². The normalized spacial score (nSPS) is 21.1. The van der Waals surface area contributed by atoms with Crippen LogP contribution in [0.2, 0.25) is 0 Å². The number of nitrogens with zero attached hydrogens (tertiary/aromatic N) is 1. The van der Waals surface area contributed by atoms with Crippen LogP contribution in [0.1, 0.15) is 34.6 Å². The van der Waals surface area contributed by atoms with Crippen LogP contribution >= 0.6 is 0 Å². The van der Waals surface area contributed by atoms with E-state index in [0.29, 0.717) is 0 Å². The zero-order valence-electron chi connectivity index (χ0n) is 11.2. The maximum Gasteiger partial charge on any atom is 0.225 e. The average molecular weight is 227 g/mol. The quantitative estimate of drug-likeness (QED) is 0.749. The number of carbonyl (C=O) groups excluding carboxylic acids is 1. The maximum atomic E-state index is 11.7. The molecule has 0 spiro atoms. The Balaban J connectivity index is 2.29. The van der Waals surface area contributed by atoms with Gasteiger partial charge in [0.05, 0.1) is 5.66 Å². The molecule has 1 aliphatic heterocycles. The van der Waals surface area contributed by atoms with Crippen LogP contribution < -0.4 is 10.6 Å². The van der Waals surface area contributed by atoms with Crippen LogP contribution in [-0.4, -0.2) is 42.6 Å². The fourth-order valence-corrected chi connectivity index (χ4v) is 1.85. The summed E-state index contributed by atoms with van der Waals surface area (Å²) in [5, 5.41) is 6.41. The van der Waals surface area contributed by atoms with Crippen molar-refractivity contribution in [1.82, 2.24) is 15.5 Å². The maximum absolute atomic E-state index is 11.7. The van der Waals surface area contributed by atoms with E-state index in [2.05, 4.69) is 29.4 Å². The Morgan fingerprint density at radius 1 is 1.44 bits per heavy atom. The summed E-state index contributed by atoms with van der Waals surface area (Å²) < 4.78 is 0. The number of rotatable bonds is 3. The van der Waals surface area contributed by atoms with Crippen LogP contribution in [0.5, 0.6) is 0 Å². The van der Waals surface area contributed by atoms with Gasteiger partial charge in [-0.3, -0.25) is 15.0 Å². The second-order valence-corrected chi connectivity index (χ2v) is 5.98. The van der Waals surface area contributed by atoms with Crippen molar-refractivity contribution in [2.45, 2.75) is 40.3 Å². The molecule has 4 heteroatoms. The highest BCUT2D eigenvalue weighted by molar-refractivity contribution is 5.81. The van der Waals surface area contributed by atoms with Gasteiger partial charge in [0.15, 0.2) is 0 Å². The minimum atomic E-state index is -0.293. The molecule has 0 unspecified atom stereocenters. The van der Waals surface area contributed by atoms with E-state index in [1.54, 1.807) is 0 Å². The Hall–Kier alpha value is -0.610. The molecule has 1 heterocycles. The van der Waals surface area contributed by atoms with E-state index in [1.807, 2.05) is 20.8 Å². The standard InChI is InChI=1S/C12H25N3O/c1-11(2,3)10(16)13-6-8-15-9-7-14-12(15,4)5/h14H,6-9H2,1-5H3,(H,13,16). The number of hydrogen-bond acceptors (Lipinski definition) is 3. The van der Waals surface area contributed by atoms with Crippen molar-refractivity contribution >= 4 is 5.91 Å². The molecule has 0 bridgehead atoms. The molecular weight excluding hydrogens is 202 g/mol. The lowest BCUT2D eigenvalue weighted by Gasteiger charge is -2.31. The summed E-state index contributed by atoms with van der Waals surface area (Å²) in [6.07, 6.45) is 0. The zero-order valence-corrected chi connectivity index (χ0v) is 11.2. The summed E-state index contributed by atoms with van der Waals surface area (Å²) in [6.45, 7) is 13.9. The molecule has 1 rings (SSSR count). The third kappa shape index (κ3) is 3.46. The van der Waals surface area contributed by atoms with Crippen molar-refractivity contribution in [3.05, 3.63) is 0 Å². The monoisotopic (exact) mass is 227 g/mol. The van der Waals surface area contributed by atoms with Crippen molar-refractivity contribution in [3.8, 4) is 0 Å². The summed E-state index contributed by atoms with van der Waals surface area (Å²) in [7, 11) is 0. The highest BCUT2D eigenvalue weighted by atomic mass is 16.2. The third-order valence-electron chi connectivity index (χ3n) is 3.08. The minimum Gasteiger partial charge on any atom is -0.354 e. The Morgan fingerprint density at radius 2 is 2.06 bits per heavy atom. The first-order valence-electron chi connectivity index (χ1n) is 6.02. The molecule has 0 aromatic carbocycles. The van der Waals surface area contributed by atoms with Gasteiger partial charge in [-0.1, -0.05) is 20.8 Å². The fourth-order valence-electron chi connectivity index (χ4n) is 1.85. The van der Waals surface area contributed by atoms with Crippen molar-refractivity contribution in [3.63, 3.8) is 0 Å². The highest BCUT2D eigenvalue weighted by Gasteiger charge is 2.30. The van der Waals surface area contributed by atoms with Crippen molar-refractivity contribution in [2.24, 2.45) is 5.41 Å². The van der Waals surface area contributed by atoms with E-state index in [1.165, 1.54) is 0 Å². The summed E-state index contributed by atoms with van der Waals surface area (Å²) in [5.74, 6) is 0.123. The van der Waals surface area contributed by atoms with E-state index in [9.17, 15) is 4.79 Å². The van der Waals surface area contributed by atoms with Gasteiger partial charge in [-0.2, -0.15) is 0 Å². The second-order valence-electron chi connectivity index (χ2n) is 5.98. The largest absolute Gasteiger partial charge is 0.354 e. The number of carbonyl (C=O) groups is 1. The van der Waals surface area contributed by atoms with Crippen LogP contribution in [0, 0.1) is 5.41 Å². The smallest absolute Gasteiger partial charge is 0.225 e. The molecule has 0 aliphatic carbocycles. The molecule has 0 saturated carbocycles. The molecule has 1 aliphatic rings. The van der Waals surface area contributed by atoms with E-state index < -0.39 is 0 Å². The van der Waals surface area contributed by atoms with Gasteiger partial charge in [0.1, 0.15) is 0 Å². The zero-order chi connectivity index (χ0) is 12.4. The van der Waals surface area contributed by atoms with Crippen LogP contribution in [0.15, 0.2) is 0 Å². The predicted molar refractivity (Wildman–Crippen MR) is 66.1 cm³/mol. The minimum absolute atomic E-state index is 0.0620. The van der Waals surface area contributed by atoms with E-state index in [0.717, 1.165) is 26.2 Å². The van der Waals surface area contributed by atoms with Crippen LogP contribution in [-0.2, 0) is 4.79 Å². The Morgan fingerprint density at radius 3 is 2.50 bits per heavy atom. The third-order valence-corrected chi connectivity index (χ3v) is 3.08. The molecule has 0 radical (unpaired) electrons. The Bertz CT molecular complexity index is 255. The molecule has 1 saturated heterocycles. The van der Waals surface area contributed by atoms with Crippen LogP contribution in [0.4, 0.5) is 0 Å². The topological polar surface area (TPSA) is 44.4 Å². The first-order valence-corrected chi connectivity index (χ1v) is 6.02. The molecule has 0 atom stereocenters. The van der Waals surface area contributed by atoms with Crippen LogP contribution in [0.25, 0.3) is 0 Å². The van der Waals surface area contributed by atoms with Gasteiger partial charge in [-0.25, -0.2) is 0 Å². The molecule has 1 fully saturated rings. The van der Waals surface area contributed by atoms with Crippen molar-refractivity contribution in [1.29, 1.82) is 0 Å². The van der Waals surface area contributed by atoms with E-state index in [-0.39, 0.29) is 17.0 Å². The first-order chi connectivity index (χ1) is 7.23. The summed E-state index contributed by atoms with van der Waals surface area (Å²) in [6, 6.07) is 0. The van der Waals surface area contributed by atoms with Crippen LogP contribution in [0.3, 0.4) is 0 Å². The van der Waals surface area contributed by atoms with Gasteiger partial charge in [-0.15, -0.1) is 0 Å². The predicted octanol–water partition coefficient (Wildman–Crippen LogP) is 0.790. The van der Waals surface area contributed by atoms with Gasteiger partial charge in [-0.05, 0) is 13.8 Å². The van der Waals surface area contributed by atoms with E-state index >= 15 is 0 Å².